The molecule has 1 saturated heterocycles. The number of amides is 2. The Kier molecular flexibility index (Phi) is 7.25. The molecule has 1 fully saturated rings. The molecule has 5 rings (SSSR count). The Labute approximate surface area is 215 Å². The lowest BCUT2D eigenvalue weighted by Crippen LogP contribution is -2.74. The Morgan fingerprint density at radius 1 is 1.08 bits per heavy atom. The minimum absolute atomic E-state index is 0.0368. The number of hydrogen-bond donors (Lipinski definition) is 3. The van der Waals surface area contributed by atoms with Crippen LogP contribution in [0.15, 0.2) is 66.7 Å². The van der Waals surface area contributed by atoms with Gasteiger partial charge in [-0.1, -0.05) is 30.3 Å². The number of hydrogen-bond acceptors (Lipinski definition) is 6. The predicted molar refractivity (Wildman–Crippen MR) is 138 cm³/mol. The van der Waals surface area contributed by atoms with Crippen molar-refractivity contribution in [2.75, 3.05) is 30.0 Å². The van der Waals surface area contributed by atoms with Gasteiger partial charge in [-0.05, 0) is 48.7 Å². The number of carbonyl (C=O) groups excluding carboxylic acids is 2. The fourth-order valence-corrected chi connectivity index (χ4v) is 5.00. The number of carbonyl (C=O) groups is 2. The molecular weight excluding hydrogens is 472 g/mol. The maximum atomic E-state index is 12.8. The number of methoxy groups -OCH3 is 1. The van der Waals surface area contributed by atoms with Crippen LogP contribution < -0.4 is 25.3 Å². The monoisotopic (exact) mass is 503 g/mol. The average Bonchev–Trinajstić information content (AvgIpc) is 2.96. The van der Waals surface area contributed by atoms with Gasteiger partial charge in [0.25, 0.3) is 5.91 Å². The highest BCUT2D eigenvalue weighted by Crippen LogP contribution is 2.33. The van der Waals surface area contributed by atoms with Crippen molar-refractivity contribution in [3.8, 4) is 5.75 Å². The van der Waals surface area contributed by atoms with Crippen molar-refractivity contribution in [3.63, 3.8) is 0 Å². The van der Waals surface area contributed by atoms with Gasteiger partial charge in [0.15, 0.2) is 5.69 Å². The van der Waals surface area contributed by atoms with E-state index in [9.17, 15) is 14.8 Å². The van der Waals surface area contributed by atoms with Crippen LogP contribution in [0.2, 0.25) is 0 Å². The van der Waals surface area contributed by atoms with Gasteiger partial charge in [-0.2, -0.15) is 5.48 Å². The van der Waals surface area contributed by atoms with Gasteiger partial charge in [-0.15, -0.1) is 0 Å². The second-order valence-electron chi connectivity index (χ2n) is 9.20. The summed E-state index contributed by atoms with van der Waals surface area (Å²) in [6, 6.07) is 20.7. The van der Waals surface area contributed by atoms with Crippen LogP contribution in [0.25, 0.3) is 0 Å². The van der Waals surface area contributed by atoms with E-state index in [1.807, 2.05) is 54.6 Å². The lowest BCUT2D eigenvalue weighted by atomic mass is 9.99. The van der Waals surface area contributed by atoms with Crippen LogP contribution in [-0.2, 0) is 17.9 Å². The van der Waals surface area contributed by atoms with Crippen LogP contribution in [0, 0.1) is 0 Å². The van der Waals surface area contributed by atoms with E-state index in [1.165, 1.54) is 0 Å². The fraction of sp³-hybridized carbons (Fsp3) is 0.286. The topological polar surface area (TPSA) is 108 Å². The molecule has 2 amide bonds. The number of nitrogens with one attached hydrogen (secondary N) is 1. The number of fused-ring (bicyclic) bond motifs is 1. The van der Waals surface area contributed by atoms with Gasteiger partial charge in [0.2, 0.25) is 0 Å². The Morgan fingerprint density at radius 2 is 1.84 bits per heavy atom. The number of rotatable bonds is 7. The van der Waals surface area contributed by atoms with Crippen molar-refractivity contribution in [1.82, 2.24) is 5.32 Å². The number of anilines is 2. The first-order chi connectivity index (χ1) is 18.1. The molecule has 192 valence electrons. The smallest absolute Gasteiger partial charge is 0.414 e. The van der Waals surface area contributed by atoms with Crippen molar-refractivity contribution in [1.29, 1.82) is 0 Å². The van der Waals surface area contributed by atoms with E-state index < -0.39 is 0 Å². The fourth-order valence-electron chi connectivity index (χ4n) is 5.00. The standard InChI is InChI=1S/C28H30N4O5/c1-36-23-9-6-19(7-10-23)17-29-27(33)20-8-11-26(24(16-20)30-35)31-14-12-22(13-15-31)32-25-5-3-2-4-21(25)18-37-28(32)34/h2-11,16,22,30,35H,12-15,17-18H2,1H3,(H,29,33)/p+1. The van der Waals surface area contributed by atoms with E-state index >= 15 is 0 Å². The Morgan fingerprint density at radius 3 is 2.57 bits per heavy atom. The van der Waals surface area contributed by atoms with Crippen molar-refractivity contribution >= 4 is 29.1 Å². The third-order valence-electron chi connectivity index (χ3n) is 7.01. The zero-order chi connectivity index (χ0) is 25.8. The highest BCUT2D eigenvalue weighted by molar-refractivity contribution is 5.95. The van der Waals surface area contributed by atoms with Gasteiger partial charge in [-0.25, -0.2) is 10.0 Å². The maximum absolute atomic E-state index is 12.8. The summed E-state index contributed by atoms with van der Waals surface area (Å²) < 4.78 is 10.6. The Balaban J connectivity index is 1.23. The quantitative estimate of drug-likeness (QED) is 0.337. The molecule has 0 unspecified atom stereocenters. The Hall–Kier alpha value is -4.08. The second kappa shape index (κ2) is 10.9. The molecule has 0 aliphatic carbocycles. The normalized spacial score (nSPS) is 15.7. The zero-order valence-electron chi connectivity index (χ0n) is 20.7. The largest absolute Gasteiger partial charge is 0.497 e. The molecule has 0 bridgehead atoms. The number of ether oxygens (including phenoxy) is 2. The van der Waals surface area contributed by atoms with Crippen LogP contribution in [0.3, 0.4) is 0 Å². The molecule has 3 aromatic rings. The minimum atomic E-state index is -0.300. The van der Waals surface area contributed by atoms with E-state index in [4.69, 9.17) is 9.47 Å². The molecule has 9 heteroatoms. The summed E-state index contributed by atoms with van der Waals surface area (Å²) in [6.45, 7) is 2.11. The number of piperidine rings is 1. The zero-order valence-corrected chi connectivity index (χ0v) is 20.7. The van der Waals surface area contributed by atoms with Crippen molar-refractivity contribution in [2.24, 2.45) is 0 Å². The van der Waals surface area contributed by atoms with Gasteiger partial charge in [0.1, 0.15) is 18.0 Å². The summed E-state index contributed by atoms with van der Waals surface area (Å²) in [6.07, 6.45) is 1.23. The molecule has 0 radical (unpaired) electrons. The second-order valence-corrected chi connectivity index (χ2v) is 9.20. The third kappa shape index (κ3) is 5.23. The van der Waals surface area contributed by atoms with Crippen molar-refractivity contribution in [2.45, 2.75) is 32.0 Å². The van der Waals surface area contributed by atoms with E-state index in [2.05, 4.69) is 10.2 Å². The molecule has 0 spiro atoms. The summed E-state index contributed by atoms with van der Waals surface area (Å²) in [5.41, 5.74) is 5.85. The molecule has 2 aliphatic heterocycles. The highest BCUT2D eigenvalue weighted by Gasteiger charge is 2.34. The molecule has 2 aliphatic rings. The van der Waals surface area contributed by atoms with Gasteiger partial charge >= 0.3 is 6.09 Å². The number of cyclic esters (lactones) is 1. The lowest BCUT2D eigenvalue weighted by Gasteiger charge is -2.40. The number of benzene rings is 3. The third-order valence-corrected chi connectivity index (χ3v) is 7.01. The van der Waals surface area contributed by atoms with Crippen molar-refractivity contribution < 1.29 is 29.8 Å². The van der Waals surface area contributed by atoms with E-state index in [1.54, 1.807) is 24.1 Å². The molecule has 2 heterocycles. The number of para-hydroxylation sites is 1. The number of quaternary nitrogens is 1. The first-order valence-electron chi connectivity index (χ1n) is 12.4. The summed E-state index contributed by atoms with van der Waals surface area (Å²) in [7, 11) is 1.61. The molecule has 3 aromatic carbocycles. The average molecular weight is 504 g/mol. The first kappa shape index (κ1) is 24.6. The van der Waals surface area contributed by atoms with Crippen LogP contribution in [0.1, 0.15) is 34.3 Å². The molecule has 0 aromatic heterocycles. The minimum Gasteiger partial charge on any atom is -0.497 e. The molecule has 37 heavy (non-hydrogen) atoms. The van der Waals surface area contributed by atoms with E-state index in [0.717, 1.165) is 46.6 Å². The summed E-state index contributed by atoms with van der Waals surface area (Å²) in [5.74, 6) is 0.546. The maximum Gasteiger partial charge on any atom is 0.414 e. The SMILES string of the molecule is COc1ccc(CNC(=O)c2ccc(N3CCC(N4C(=O)OCc5ccccc54)CC3)c([NH2+]O)c2)cc1. The van der Waals surface area contributed by atoms with Crippen molar-refractivity contribution in [3.05, 3.63) is 83.4 Å². The summed E-state index contributed by atoms with van der Waals surface area (Å²) in [4.78, 5) is 29.3. The van der Waals surface area contributed by atoms with E-state index in [-0.39, 0.29) is 18.0 Å². The molecule has 9 nitrogen and oxygen atoms in total. The van der Waals surface area contributed by atoms with E-state index in [0.29, 0.717) is 37.5 Å². The lowest BCUT2D eigenvalue weighted by molar-refractivity contribution is -0.825. The van der Waals surface area contributed by atoms with Crippen LogP contribution in [0.4, 0.5) is 21.9 Å². The van der Waals surface area contributed by atoms with Crippen LogP contribution >= 0.6 is 0 Å². The molecule has 4 N–H and O–H groups in total. The predicted octanol–water partition coefficient (Wildman–Crippen LogP) is 3.33. The summed E-state index contributed by atoms with van der Waals surface area (Å²) in [5, 5.41) is 12.9. The molecule has 0 atom stereocenters. The highest BCUT2D eigenvalue weighted by atomic mass is 16.6. The van der Waals surface area contributed by atoms with Gasteiger partial charge in [0, 0.05) is 42.9 Å². The van der Waals surface area contributed by atoms with Gasteiger partial charge in [0.05, 0.1) is 12.8 Å². The Bertz CT molecular complexity index is 1270. The van der Waals surface area contributed by atoms with Gasteiger partial charge in [-0.3, -0.25) is 9.69 Å². The number of nitrogens with two attached hydrogens (primary N) is 1. The van der Waals surface area contributed by atoms with Crippen LogP contribution in [-0.4, -0.2) is 43.4 Å². The summed E-state index contributed by atoms with van der Waals surface area (Å²) >= 11 is 0. The van der Waals surface area contributed by atoms with Crippen LogP contribution in [0.5, 0.6) is 5.75 Å². The first-order valence-corrected chi connectivity index (χ1v) is 12.4. The van der Waals surface area contributed by atoms with Gasteiger partial charge < -0.3 is 19.7 Å². The molecule has 0 saturated carbocycles. The number of nitrogens with zero attached hydrogens (tertiary/aromatic N) is 2. The molecular formula is C28H31N4O5+.